The van der Waals surface area contributed by atoms with E-state index in [4.69, 9.17) is 0 Å². The summed E-state index contributed by atoms with van der Waals surface area (Å²) in [6, 6.07) is 0. The number of rotatable bonds is 0. The zero-order chi connectivity index (χ0) is 8.39. The summed E-state index contributed by atoms with van der Waals surface area (Å²) in [7, 11) is 0. The van der Waals surface area contributed by atoms with E-state index in [1.54, 1.807) is 0 Å². The van der Waals surface area contributed by atoms with Crippen molar-refractivity contribution in [1.82, 2.24) is 4.90 Å². The summed E-state index contributed by atoms with van der Waals surface area (Å²) in [5.41, 5.74) is 0. The normalized spacial score (nSPS) is 20.5. The van der Waals surface area contributed by atoms with Crippen molar-refractivity contribution in [3.63, 3.8) is 0 Å². The Morgan fingerprint density at radius 2 is 2.25 bits per heavy atom. The van der Waals surface area contributed by atoms with Crippen LogP contribution in [-0.4, -0.2) is 23.2 Å². The highest BCUT2D eigenvalue weighted by Crippen LogP contribution is 2.05. The van der Waals surface area contributed by atoms with E-state index in [2.05, 4.69) is 4.99 Å². The van der Waals surface area contributed by atoms with Gasteiger partial charge in [-0.1, -0.05) is 12.2 Å². The van der Waals surface area contributed by atoms with E-state index in [-0.39, 0.29) is 5.91 Å². The molecule has 12 heavy (non-hydrogen) atoms. The SMILES string of the molecule is O=C1C=CCN2C=CC=CC2=N1. The molecule has 0 radical (unpaired) electrons. The molecule has 0 aliphatic carbocycles. The lowest BCUT2D eigenvalue weighted by molar-refractivity contribution is -0.113. The highest BCUT2D eigenvalue weighted by Gasteiger charge is 2.10. The molecule has 2 heterocycles. The van der Waals surface area contributed by atoms with Crippen LogP contribution in [0.5, 0.6) is 0 Å². The van der Waals surface area contributed by atoms with Crippen LogP contribution in [0.25, 0.3) is 0 Å². The summed E-state index contributed by atoms with van der Waals surface area (Å²) < 4.78 is 0. The quantitative estimate of drug-likeness (QED) is 0.526. The average Bonchev–Trinajstić information content (AvgIpc) is 2.25. The molecule has 0 unspecified atom stereocenters. The van der Waals surface area contributed by atoms with Gasteiger partial charge < -0.3 is 4.90 Å². The highest BCUT2D eigenvalue weighted by molar-refractivity contribution is 6.06. The number of nitrogens with zero attached hydrogens (tertiary/aromatic N) is 2. The molecule has 2 aliphatic rings. The van der Waals surface area contributed by atoms with Crippen molar-refractivity contribution in [2.24, 2.45) is 4.99 Å². The Morgan fingerprint density at radius 3 is 3.17 bits per heavy atom. The predicted octanol–water partition coefficient (Wildman–Crippen LogP) is 0.867. The highest BCUT2D eigenvalue weighted by atomic mass is 16.1. The zero-order valence-corrected chi connectivity index (χ0v) is 6.47. The second-order valence-corrected chi connectivity index (χ2v) is 2.56. The molecule has 0 fully saturated rings. The third kappa shape index (κ3) is 1.21. The van der Waals surface area contributed by atoms with Gasteiger partial charge >= 0.3 is 0 Å². The van der Waals surface area contributed by atoms with E-state index in [0.717, 1.165) is 0 Å². The number of fused-ring (bicyclic) bond motifs is 1. The van der Waals surface area contributed by atoms with Gasteiger partial charge in [0.05, 0.1) is 0 Å². The van der Waals surface area contributed by atoms with Crippen LogP contribution >= 0.6 is 0 Å². The standard InChI is InChI=1S/C9H8N2O/c12-9-5-3-7-11-6-2-1-4-8(11)10-9/h1-6H,7H2. The fourth-order valence-corrected chi connectivity index (χ4v) is 1.14. The third-order valence-electron chi connectivity index (χ3n) is 1.70. The first kappa shape index (κ1) is 7.03. The number of carbonyl (C=O) groups excluding carboxylic acids is 1. The first-order valence-corrected chi connectivity index (χ1v) is 3.77. The van der Waals surface area contributed by atoms with Crippen molar-refractivity contribution < 1.29 is 4.79 Å². The Hall–Kier alpha value is -1.64. The number of aliphatic imine (C=N–C) groups is 1. The van der Waals surface area contributed by atoms with Gasteiger partial charge in [0.15, 0.2) is 0 Å². The summed E-state index contributed by atoms with van der Waals surface area (Å²) in [6.07, 6.45) is 10.8. The Bertz CT molecular complexity index is 323. The molecule has 0 atom stereocenters. The fourth-order valence-electron chi connectivity index (χ4n) is 1.14. The first-order valence-electron chi connectivity index (χ1n) is 3.77. The van der Waals surface area contributed by atoms with Crippen LogP contribution in [0.3, 0.4) is 0 Å². The van der Waals surface area contributed by atoms with E-state index in [0.29, 0.717) is 12.4 Å². The number of hydrogen-bond donors (Lipinski definition) is 0. The minimum absolute atomic E-state index is 0.188. The maximum atomic E-state index is 11.0. The Labute approximate surface area is 70.4 Å². The van der Waals surface area contributed by atoms with Crippen molar-refractivity contribution in [3.05, 3.63) is 36.6 Å². The van der Waals surface area contributed by atoms with Gasteiger partial charge in [0, 0.05) is 18.8 Å². The second-order valence-electron chi connectivity index (χ2n) is 2.56. The molecule has 0 aromatic heterocycles. The summed E-state index contributed by atoms with van der Waals surface area (Å²) >= 11 is 0. The number of amidine groups is 1. The maximum absolute atomic E-state index is 11.0. The largest absolute Gasteiger partial charge is 0.329 e. The van der Waals surface area contributed by atoms with Crippen LogP contribution in [0, 0.1) is 0 Å². The number of hydrogen-bond acceptors (Lipinski definition) is 2. The van der Waals surface area contributed by atoms with Gasteiger partial charge in [-0.05, 0) is 12.2 Å². The molecule has 0 spiro atoms. The van der Waals surface area contributed by atoms with Crippen molar-refractivity contribution in [1.29, 1.82) is 0 Å². The molecule has 0 saturated heterocycles. The third-order valence-corrected chi connectivity index (χ3v) is 1.70. The van der Waals surface area contributed by atoms with Crippen molar-refractivity contribution in [3.8, 4) is 0 Å². The summed E-state index contributed by atoms with van der Waals surface area (Å²) in [4.78, 5) is 16.8. The summed E-state index contributed by atoms with van der Waals surface area (Å²) in [6.45, 7) is 0.714. The van der Waals surface area contributed by atoms with Gasteiger partial charge in [-0.3, -0.25) is 4.79 Å². The lowest BCUT2D eigenvalue weighted by Gasteiger charge is -2.18. The fraction of sp³-hybridized carbons (Fsp3) is 0.111. The van der Waals surface area contributed by atoms with E-state index in [1.807, 2.05) is 35.4 Å². The van der Waals surface area contributed by atoms with Crippen molar-refractivity contribution in [2.75, 3.05) is 6.54 Å². The van der Waals surface area contributed by atoms with Gasteiger partial charge in [-0.15, -0.1) is 0 Å². The minimum atomic E-state index is -0.188. The minimum Gasteiger partial charge on any atom is -0.329 e. The Kier molecular flexibility index (Phi) is 1.63. The smallest absolute Gasteiger partial charge is 0.271 e. The van der Waals surface area contributed by atoms with E-state index < -0.39 is 0 Å². The number of amides is 1. The number of allylic oxidation sites excluding steroid dienone is 2. The number of carbonyl (C=O) groups is 1. The Balaban J connectivity index is 2.36. The molecular weight excluding hydrogens is 152 g/mol. The van der Waals surface area contributed by atoms with Gasteiger partial charge in [-0.25, -0.2) is 0 Å². The maximum Gasteiger partial charge on any atom is 0.271 e. The molecule has 0 aromatic rings. The van der Waals surface area contributed by atoms with Crippen LogP contribution in [0.4, 0.5) is 0 Å². The molecule has 2 rings (SSSR count). The molecule has 2 aliphatic heterocycles. The summed E-state index contributed by atoms with van der Waals surface area (Å²) in [5, 5.41) is 0. The van der Waals surface area contributed by atoms with Gasteiger partial charge in [0.2, 0.25) is 0 Å². The van der Waals surface area contributed by atoms with Gasteiger partial charge in [0.25, 0.3) is 5.91 Å². The van der Waals surface area contributed by atoms with E-state index in [9.17, 15) is 4.79 Å². The average molecular weight is 160 g/mol. The molecule has 0 N–H and O–H groups in total. The molecule has 3 nitrogen and oxygen atoms in total. The summed E-state index contributed by atoms with van der Waals surface area (Å²) in [5.74, 6) is 0.528. The van der Waals surface area contributed by atoms with E-state index >= 15 is 0 Å². The van der Waals surface area contributed by atoms with Crippen LogP contribution in [0.15, 0.2) is 41.6 Å². The lowest BCUT2D eigenvalue weighted by Crippen LogP contribution is -2.25. The van der Waals surface area contributed by atoms with Crippen LogP contribution in [0.2, 0.25) is 0 Å². The molecule has 0 aromatic carbocycles. The first-order chi connectivity index (χ1) is 5.86. The molecule has 3 heteroatoms. The lowest BCUT2D eigenvalue weighted by atomic mass is 10.3. The van der Waals surface area contributed by atoms with Crippen LogP contribution in [-0.2, 0) is 4.79 Å². The topological polar surface area (TPSA) is 32.7 Å². The Morgan fingerprint density at radius 1 is 1.33 bits per heavy atom. The molecule has 0 saturated carbocycles. The molecule has 0 bridgehead atoms. The zero-order valence-electron chi connectivity index (χ0n) is 6.47. The van der Waals surface area contributed by atoms with Crippen molar-refractivity contribution >= 4 is 11.7 Å². The molecule has 1 amide bonds. The predicted molar refractivity (Wildman–Crippen MR) is 46.6 cm³/mol. The van der Waals surface area contributed by atoms with E-state index in [1.165, 1.54) is 6.08 Å². The van der Waals surface area contributed by atoms with Gasteiger partial charge in [0.1, 0.15) is 5.84 Å². The molecular formula is C9H8N2O. The monoisotopic (exact) mass is 160 g/mol. The van der Waals surface area contributed by atoms with Gasteiger partial charge in [-0.2, -0.15) is 4.99 Å². The van der Waals surface area contributed by atoms with Crippen LogP contribution < -0.4 is 0 Å². The second kappa shape index (κ2) is 2.77. The van der Waals surface area contributed by atoms with Crippen LogP contribution in [0.1, 0.15) is 0 Å². The molecule has 60 valence electrons. The van der Waals surface area contributed by atoms with Crippen molar-refractivity contribution in [2.45, 2.75) is 0 Å².